The summed E-state index contributed by atoms with van der Waals surface area (Å²) in [7, 11) is -1.82. The fourth-order valence-corrected chi connectivity index (χ4v) is 6.76. The minimum Gasteiger partial charge on any atom is -0.504 e. The zero-order valence-corrected chi connectivity index (χ0v) is 18.9. The van der Waals surface area contributed by atoms with Crippen molar-refractivity contribution in [1.29, 1.82) is 0 Å². The Labute approximate surface area is 182 Å². The van der Waals surface area contributed by atoms with Crippen molar-refractivity contribution < 1.29 is 23.0 Å². The molecule has 2 saturated heterocycles. The number of hydrogen-bond acceptors (Lipinski definition) is 6. The van der Waals surface area contributed by atoms with Gasteiger partial charge in [0.05, 0.1) is 19.0 Å². The highest BCUT2D eigenvalue weighted by Gasteiger charge is 2.53. The van der Waals surface area contributed by atoms with Crippen LogP contribution in [0.25, 0.3) is 0 Å². The Morgan fingerprint density at radius 2 is 1.97 bits per heavy atom. The van der Waals surface area contributed by atoms with Gasteiger partial charge in [-0.25, -0.2) is 13.4 Å². The lowest BCUT2D eigenvalue weighted by Gasteiger charge is -2.54. The van der Waals surface area contributed by atoms with E-state index in [-0.39, 0.29) is 28.2 Å². The predicted molar refractivity (Wildman–Crippen MR) is 113 cm³/mol. The largest absolute Gasteiger partial charge is 0.504 e. The second-order valence-electron chi connectivity index (χ2n) is 9.72. The molecule has 1 aromatic carbocycles. The molecule has 31 heavy (non-hydrogen) atoms. The number of phenols is 1. The van der Waals surface area contributed by atoms with Gasteiger partial charge in [0.1, 0.15) is 5.60 Å². The first-order chi connectivity index (χ1) is 14.6. The fraction of sp³-hybridized carbons (Fsp3) is 0.591. The average molecular weight is 448 g/mol. The molecule has 9 heteroatoms. The smallest absolute Gasteiger partial charge is 0.262 e. The van der Waals surface area contributed by atoms with Gasteiger partial charge in [-0.05, 0) is 44.6 Å². The molecule has 3 aliphatic heterocycles. The first-order valence-electron chi connectivity index (χ1n) is 10.7. The highest BCUT2D eigenvalue weighted by molar-refractivity contribution is 7.89. The van der Waals surface area contributed by atoms with Gasteiger partial charge in [0.15, 0.2) is 16.5 Å². The number of para-hydroxylation sites is 1. The number of phenolic OH excluding ortho intramolecular Hbond substituents is 1. The fourth-order valence-electron chi connectivity index (χ4n) is 5.35. The zero-order chi connectivity index (χ0) is 22.0. The minimum absolute atomic E-state index is 0.0771. The van der Waals surface area contributed by atoms with E-state index in [4.69, 9.17) is 9.47 Å². The van der Waals surface area contributed by atoms with Gasteiger partial charge >= 0.3 is 0 Å². The maximum absolute atomic E-state index is 12.9. The van der Waals surface area contributed by atoms with Crippen LogP contribution in [0.1, 0.15) is 44.8 Å². The van der Waals surface area contributed by atoms with Crippen molar-refractivity contribution in [3.05, 3.63) is 36.3 Å². The Balaban J connectivity index is 1.35. The SMILES string of the molecule is Cn1cnc(S(=O)(=O)N2CCC3(CC2)CO[C@@H]2c4cccc(O)c4OC(C)(C)[C@H]2C3)c1. The Morgan fingerprint density at radius 1 is 1.23 bits per heavy atom. The number of benzene rings is 1. The van der Waals surface area contributed by atoms with Gasteiger partial charge < -0.3 is 19.1 Å². The number of aromatic nitrogens is 2. The molecule has 4 heterocycles. The van der Waals surface area contributed by atoms with Crippen molar-refractivity contribution in [1.82, 2.24) is 13.9 Å². The molecule has 0 aliphatic carbocycles. The molecular formula is C22H29N3O5S. The van der Waals surface area contributed by atoms with E-state index < -0.39 is 15.6 Å². The maximum atomic E-state index is 12.9. The van der Waals surface area contributed by atoms with Crippen molar-refractivity contribution in [3.8, 4) is 11.5 Å². The summed E-state index contributed by atoms with van der Waals surface area (Å²) in [5, 5.41) is 10.4. The molecule has 1 spiro atoms. The third-order valence-corrected chi connectivity index (χ3v) is 9.03. The molecule has 2 fully saturated rings. The molecule has 5 rings (SSSR count). The molecule has 0 amide bonds. The quantitative estimate of drug-likeness (QED) is 0.761. The predicted octanol–water partition coefficient (Wildman–Crippen LogP) is 2.85. The van der Waals surface area contributed by atoms with Crippen molar-refractivity contribution in [2.45, 2.75) is 49.8 Å². The van der Waals surface area contributed by atoms with E-state index >= 15 is 0 Å². The van der Waals surface area contributed by atoms with Crippen molar-refractivity contribution in [2.75, 3.05) is 19.7 Å². The summed E-state index contributed by atoms with van der Waals surface area (Å²) in [4.78, 5) is 4.04. The highest BCUT2D eigenvalue weighted by atomic mass is 32.2. The monoisotopic (exact) mass is 447 g/mol. The summed E-state index contributed by atoms with van der Waals surface area (Å²) in [5.41, 5.74) is 0.321. The van der Waals surface area contributed by atoms with E-state index in [0.717, 1.165) is 24.8 Å². The molecule has 0 bridgehead atoms. The van der Waals surface area contributed by atoms with Gasteiger partial charge in [-0.1, -0.05) is 12.1 Å². The third-order valence-electron chi connectivity index (χ3n) is 7.25. The lowest BCUT2D eigenvalue weighted by Crippen LogP contribution is -2.54. The van der Waals surface area contributed by atoms with Crippen LogP contribution >= 0.6 is 0 Å². The van der Waals surface area contributed by atoms with Crippen LogP contribution in [0.2, 0.25) is 0 Å². The molecule has 8 nitrogen and oxygen atoms in total. The minimum atomic E-state index is -3.58. The molecule has 3 aliphatic rings. The van der Waals surface area contributed by atoms with E-state index in [1.807, 2.05) is 26.0 Å². The van der Waals surface area contributed by atoms with Crippen LogP contribution in [-0.2, 0) is 21.8 Å². The van der Waals surface area contributed by atoms with Gasteiger partial charge in [0.2, 0.25) is 0 Å². The van der Waals surface area contributed by atoms with Crippen molar-refractivity contribution in [2.24, 2.45) is 18.4 Å². The number of imidazole rings is 1. The maximum Gasteiger partial charge on any atom is 0.262 e. The van der Waals surface area contributed by atoms with Crippen LogP contribution in [-0.4, -0.2) is 52.7 Å². The third kappa shape index (κ3) is 3.34. The number of rotatable bonds is 2. The normalized spacial score (nSPS) is 27.3. The number of fused-ring (bicyclic) bond motifs is 3. The lowest BCUT2D eigenvalue weighted by molar-refractivity contribution is -0.172. The second kappa shape index (κ2) is 6.95. The number of ether oxygens (including phenoxy) is 2. The Morgan fingerprint density at radius 3 is 2.65 bits per heavy atom. The Kier molecular flexibility index (Phi) is 4.66. The molecule has 0 unspecified atom stereocenters. The number of sulfonamides is 1. The van der Waals surface area contributed by atoms with Gasteiger partial charge in [0, 0.05) is 37.8 Å². The van der Waals surface area contributed by atoms with Gasteiger partial charge in [0.25, 0.3) is 10.0 Å². The highest BCUT2D eigenvalue weighted by Crippen LogP contribution is 2.57. The number of piperidine rings is 1. The topological polar surface area (TPSA) is 93.9 Å². The van der Waals surface area contributed by atoms with Gasteiger partial charge in [-0.2, -0.15) is 4.31 Å². The van der Waals surface area contributed by atoms with Crippen LogP contribution in [0.15, 0.2) is 35.7 Å². The molecule has 2 atom stereocenters. The summed E-state index contributed by atoms with van der Waals surface area (Å²) in [6.07, 6.45) is 5.30. The molecule has 1 N–H and O–H groups in total. The van der Waals surface area contributed by atoms with Crippen molar-refractivity contribution in [3.63, 3.8) is 0 Å². The summed E-state index contributed by atoms with van der Waals surface area (Å²) in [6.45, 7) is 5.58. The first kappa shape index (κ1) is 20.8. The van der Waals surface area contributed by atoms with Crippen LogP contribution in [0.3, 0.4) is 0 Å². The van der Waals surface area contributed by atoms with Crippen molar-refractivity contribution >= 4 is 10.0 Å². The molecule has 2 aromatic rings. The number of nitrogens with zero attached hydrogens (tertiary/aromatic N) is 3. The lowest BCUT2D eigenvalue weighted by atomic mass is 9.64. The molecular weight excluding hydrogens is 418 g/mol. The van der Waals surface area contributed by atoms with E-state index in [0.29, 0.717) is 25.4 Å². The summed E-state index contributed by atoms with van der Waals surface area (Å²) >= 11 is 0. The number of hydrogen-bond donors (Lipinski definition) is 1. The zero-order valence-electron chi connectivity index (χ0n) is 18.1. The van der Waals surface area contributed by atoms with Crippen LogP contribution < -0.4 is 4.74 Å². The Hall–Kier alpha value is -2.10. The molecule has 0 saturated carbocycles. The standard InChI is InChI=1S/C22H29N3O5S/c1-21(2)16-11-22(13-29-19(16)15-5-4-6-17(26)20(15)30-21)7-9-25(10-8-22)31(27,28)18-12-24(3)14-23-18/h4-6,12,14,16,19,26H,7-11,13H2,1-3H3/t16-,19+/m0/s1. The van der Waals surface area contributed by atoms with E-state index in [1.165, 1.54) is 6.33 Å². The molecule has 0 radical (unpaired) electrons. The van der Waals surface area contributed by atoms with E-state index in [1.54, 1.807) is 28.2 Å². The average Bonchev–Trinajstić information content (AvgIpc) is 3.17. The summed E-state index contributed by atoms with van der Waals surface area (Å²) in [5.74, 6) is 0.774. The van der Waals surface area contributed by atoms with E-state index in [2.05, 4.69) is 4.98 Å². The van der Waals surface area contributed by atoms with E-state index in [9.17, 15) is 13.5 Å². The van der Waals surface area contributed by atoms with Crippen LogP contribution in [0.4, 0.5) is 0 Å². The second-order valence-corrected chi connectivity index (χ2v) is 11.6. The van der Waals surface area contributed by atoms with Crippen LogP contribution in [0, 0.1) is 11.3 Å². The van der Waals surface area contributed by atoms with Gasteiger partial charge in [-0.3, -0.25) is 0 Å². The van der Waals surface area contributed by atoms with Crippen LogP contribution in [0.5, 0.6) is 11.5 Å². The molecule has 1 aromatic heterocycles. The van der Waals surface area contributed by atoms with Gasteiger partial charge in [-0.15, -0.1) is 0 Å². The first-order valence-corrected chi connectivity index (χ1v) is 12.2. The molecule has 168 valence electrons. The summed E-state index contributed by atoms with van der Waals surface area (Å²) in [6, 6.07) is 5.42. The number of aromatic hydroxyl groups is 1. The number of aryl methyl sites for hydroxylation is 1. The summed E-state index contributed by atoms with van der Waals surface area (Å²) < 4.78 is 41.8. The Bertz CT molecular complexity index is 1100.